The fraction of sp³-hybridized carbons (Fsp3) is 0.600. The lowest BCUT2D eigenvalue weighted by Gasteiger charge is -2.24. The van der Waals surface area contributed by atoms with Crippen LogP contribution in [0, 0.1) is 13.8 Å². The third kappa shape index (κ3) is 4.20. The highest BCUT2D eigenvalue weighted by molar-refractivity contribution is 5.87. The van der Waals surface area contributed by atoms with E-state index in [1.165, 1.54) is 6.92 Å². The number of aromatic nitrogens is 1. The van der Waals surface area contributed by atoms with Gasteiger partial charge in [-0.25, -0.2) is 0 Å². The summed E-state index contributed by atoms with van der Waals surface area (Å²) >= 11 is 0. The topological polar surface area (TPSA) is 79.2 Å². The highest BCUT2D eigenvalue weighted by Gasteiger charge is 2.22. The summed E-state index contributed by atoms with van der Waals surface area (Å²) in [5.74, 6) is -0.173. The van der Waals surface area contributed by atoms with Gasteiger partial charge in [-0.05, 0) is 44.7 Å². The van der Waals surface area contributed by atoms with Crippen molar-refractivity contribution in [3.63, 3.8) is 0 Å². The van der Waals surface area contributed by atoms with E-state index in [1.54, 1.807) is 4.90 Å². The second-order valence-electron chi connectivity index (χ2n) is 5.34. The molecule has 0 bridgehead atoms. The number of aryl methyl sites for hydroxylation is 1. The van der Waals surface area contributed by atoms with Gasteiger partial charge in [-0.15, -0.1) is 0 Å². The van der Waals surface area contributed by atoms with Crippen molar-refractivity contribution in [1.82, 2.24) is 9.88 Å². The van der Waals surface area contributed by atoms with Gasteiger partial charge in [-0.3, -0.25) is 9.59 Å². The van der Waals surface area contributed by atoms with Crippen LogP contribution in [0.3, 0.4) is 0 Å². The molecular weight excluding hydrogens is 254 g/mol. The van der Waals surface area contributed by atoms with Crippen LogP contribution in [0.25, 0.3) is 0 Å². The number of nitrogens with two attached hydrogens (primary N) is 1. The van der Waals surface area contributed by atoms with Gasteiger partial charge in [0, 0.05) is 18.4 Å². The van der Waals surface area contributed by atoms with E-state index in [0.29, 0.717) is 13.0 Å². The van der Waals surface area contributed by atoms with Gasteiger partial charge >= 0.3 is 0 Å². The van der Waals surface area contributed by atoms with Crippen LogP contribution in [-0.2, 0) is 16.0 Å². The van der Waals surface area contributed by atoms with Crippen LogP contribution in [0.2, 0.25) is 0 Å². The van der Waals surface area contributed by atoms with E-state index in [0.717, 1.165) is 23.2 Å². The first-order valence-corrected chi connectivity index (χ1v) is 7.04. The first kappa shape index (κ1) is 16.4. The van der Waals surface area contributed by atoms with Gasteiger partial charge in [-0.2, -0.15) is 0 Å². The van der Waals surface area contributed by atoms with Gasteiger partial charge in [0.2, 0.25) is 5.91 Å². The van der Waals surface area contributed by atoms with E-state index >= 15 is 0 Å². The number of amides is 1. The number of nitrogens with one attached hydrogen (secondary N) is 1. The third-order valence-electron chi connectivity index (χ3n) is 3.48. The van der Waals surface area contributed by atoms with Crippen molar-refractivity contribution >= 4 is 11.7 Å². The number of H-pyrrole nitrogens is 1. The van der Waals surface area contributed by atoms with Crippen molar-refractivity contribution in [3.8, 4) is 0 Å². The summed E-state index contributed by atoms with van der Waals surface area (Å²) in [6.07, 6.45) is 3.20. The molecule has 0 aromatic carbocycles. The van der Waals surface area contributed by atoms with Crippen molar-refractivity contribution in [3.05, 3.63) is 23.0 Å². The normalized spacial score (nSPS) is 12.2. The fourth-order valence-electron chi connectivity index (χ4n) is 2.23. The number of aromatic amines is 1. The van der Waals surface area contributed by atoms with Gasteiger partial charge in [0.1, 0.15) is 5.78 Å². The monoisotopic (exact) mass is 279 g/mol. The van der Waals surface area contributed by atoms with E-state index in [-0.39, 0.29) is 18.2 Å². The Balaban J connectivity index is 2.73. The highest BCUT2D eigenvalue weighted by atomic mass is 16.2. The first-order chi connectivity index (χ1) is 9.36. The molecule has 5 heteroatoms. The maximum atomic E-state index is 12.3. The number of hydrogen-bond donors (Lipinski definition) is 2. The van der Waals surface area contributed by atoms with Crippen LogP contribution in [-0.4, -0.2) is 40.7 Å². The molecule has 1 aromatic rings. The Morgan fingerprint density at radius 3 is 2.50 bits per heavy atom. The van der Waals surface area contributed by atoms with Crippen LogP contribution in [0.5, 0.6) is 0 Å². The summed E-state index contributed by atoms with van der Waals surface area (Å²) in [5.41, 5.74) is 9.31. The van der Waals surface area contributed by atoms with Crippen molar-refractivity contribution in [1.29, 1.82) is 0 Å². The molecule has 0 aliphatic rings. The number of nitrogens with zero attached hydrogens (tertiary/aromatic N) is 1. The predicted molar refractivity (Wildman–Crippen MR) is 79.5 cm³/mol. The quantitative estimate of drug-likeness (QED) is 0.790. The Hall–Kier alpha value is -1.62. The van der Waals surface area contributed by atoms with Gasteiger partial charge in [0.15, 0.2) is 0 Å². The summed E-state index contributed by atoms with van der Waals surface area (Å²) < 4.78 is 0. The van der Waals surface area contributed by atoms with Crippen molar-refractivity contribution < 1.29 is 9.59 Å². The molecule has 0 fully saturated rings. The minimum Gasteiger partial charge on any atom is -0.365 e. The molecule has 1 amide bonds. The SMILES string of the molecule is CCCN(CC(C)=O)C(=O)C(N)Cc1c[nH]c(C)c1C. The predicted octanol–water partition coefficient (Wildman–Crippen LogP) is 1.33. The molecule has 0 aliphatic carbocycles. The summed E-state index contributed by atoms with van der Waals surface area (Å²) in [6.45, 7) is 8.18. The Bertz CT molecular complexity index is 479. The molecule has 0 radical (unpaired) electrons. The molecular formula is C15H25N3O2. The Kier molecular flexibility index (Phi) is 5.95. The number of carbonyl (C=O) groups is 2. The lowest BCUT2D eigenvalue weighted by atomic mass is 10.0. The van der Waals surface area contributed by atoms with Gasteiger partial charge < -0.3 is 15.6 Å². The Morgan fingerprint density at radius 1 is 1.40 bits per heavy atom. The Morgan fingerprint density at radius 2 is 2.05 bits per heavy atom. The molecule has 0 aliphatic heterocycles. The standard InChI is InChI=1S/C15H25N3O2/c1-5-6-18(9-10(2)19)15(20)14(16)7-13-8-17-12(4)11(13)3/h8,14,17H,5-7,9,16H2,1-4H3. The summed E-state index contributed by atoms with van der Waals surface area (Å²) in [5, 5.41) is 0. The minimum absolute atomic E-state index is 0.0207. The molecule has 0 saturated heterocycles. The molecule has 1 unspecified atom stereocenters. The number of carbonyl (C=O) groups excluding carboxylic acids is 2. The lowest BCUT2D eigenvalue weighted by molar-refractivity contribution is -0.136. The van der Waals surface area contributed by atoms with Gasteiger partial charge in [0.05, 0.1) is 12.6 Å². The van der Waals surface area contributed by atoms with Crippen LogP contribution in [0.1, 0.15) is 37.1 Å². The maximum absolute atomic E-state index is 12.3. The van der Waals surface area contributed by atoms with E-state index < -0.39 is 6.04 Å². The summed E-state index contributed by atoms with van der Waals surface area (Å²) in [7, 11) is 0. The van der Waals surface area contributed by atoms with E-state index in [2.05, 4.69) is 4.98 Å². The molecule has 1 rings (SSSR count). The smallest absolute Gasteiger partial charge is 0.240 e. The van der Waals surface area contributed by atoms with Crippen molar-refractivity contribution in [2.45, 2.75) is 46.6 Å². The summed E-state index contributed by atoms with van der Waals surface area (Å²) in [6, 6.07) is -0.602. The fourth-order valence-corrected chi connectivity index (χ4v) is 2.23. The van der Waals surface area contributed by atoms with Gasteiger partial charge in [0.25, 0.3) is 0 Å². The zero-order valence-electron chi connectivity index (χ0n) is 12.8. The zero-order valence-corrected chi connectivity index (χ0v) is 12.8. The molecule has 1 atom stereocenters. The number of ketones is 1. The largest absolute Gasteiger partial charge is 0.365 e. The third-order valence-corrected chi connectivity index (χ3v) is 3.48. The number of rotatable bonds is 7. The van der Waals surface area contributed by atoms with E-state index in [1.807, 2.05) is 27.0 Å². The average molecular weight is 279 g/mol. The lowest BCUT2D eigenvalue weighted by Crippen LogP contribution is -2.46. The molecule has 0 saturated carbocycles. The van der Waals surface area contributed by atoms with Gasteiger partial charge in [-0.1, -0.05) is 6.92 Å². The second-order valence-corrected chi connectivity index (χ2v) is 5.34. The van der Waals surface area contributed by atoms with E-state index in [9.17, 15) is 9.59 Å². The molecule has 1 heterocycles. The average Bonchev–Trinajstić information content (AvgIpc) is 2.69. The van der Waals surface area contributed by atoms with Crippen LogP contribution in [0.15, 0.2) is 6.20 Å². The molecule has 3 N–H and O–H groups in total. The molecule has 20 heavy (non-hydrogen) atoms. The number of Topliss-reactive ketones (excluding diaryl/α,β-unsaturated/α-hetero) is 1. The maximum Gasteiger partial charge on any atom is 0.240 e. The summed E-state index contributed by atoms with van der Waals surface area (Å²) in [4.78, 5) is 28.3. The number of hydrogen-bond acceptors (Lipinski definition) is 3. The van der Waals surface area contributed by atoms with Crippen LogP contribution >= 0.6 is 0 Å². The molecule has 5 nitrogen and oxygen atoms in total. The Labute approximate surface area is 120 Å². The van der Waals surface area contributed by atoms with E-state index in [4.69, 9.17) is 5.73 Å². The van der Waals surface area contributed by atoms with Crippen molar-refractivity contribution in [2.24, 2.45) is 5.73 Å². The zero-order chi connectivity index (χ0) is 15.3. The minimum atomic E-state index is -0.602. The highest BCUT2D eigenvalue weighted by Crippen LogP contribution is 2.14. The second kappa shape index (κ2) is 7.24. The molecule has 112 valence electrons. The van der Waals surface area contributed by atoms with Crippen LogP contribution < -0.4 is 5.73 Å². The molecule has 0 spiro atoms. The first-order valence-electron chi connectivity index (χ1n) is 7.04. The molecule has 1 aromatic heterocycles. The van der Waals surface area contributed by atoms with Crippen molar-refractivity contribution in [2.75, 3.05) is 13.1 Å². The van der Waals surface area contributed by atoms with Crippen LogP contribution in [0.4, 0.5) is 0 Å².